The van der Waals surface area contributed by atoms with Crippen LogP contribution >= 0.6 is 0 Å². The quantitative estimate of drug-likeness (QED) is 0.908. The van der Waals surface area contributed by atoms with Gasteiger partial charge in [0.25, 0.3) is 0 Å². The van der Waals surface area contributed by atoms with E-state index in [1.165, 1.54) is 17.7 Å². The van der Waals surface area contributed by atoms with Crippen LogP contribution in [0, 0.1) is 0 Å². The molecule has 5 heteroatoms. The molecule has 1 N–H and O–H groups in total. The topological polar surface area (TPSA) is 55.6 Å². The summed E-state index contributed by atoms with van der Waals surface area (Å²) in [6.45, 7) is 6.04. The van der Waals surface area contributed by atoms with Gasteiger partial charge in [0, 0.05) is 30.5 Å². The lowest BCUT2D eigenvalue weighted by Crippen LogP contribution is -2.09. The van der Waals surface area contributed by atoms with Crippen LogP contribution in [-0.2, 0) is 19.4 Å². The third kappa shape index (κ3) is 2.28. The summed E-state index contributed by atoms with van der Waals surface area (Å²) in [5.41, 5.74) is 3.52. The summed E-state index contributed by atoms with van der Waals surface area (Å²) >= 11 is 0. The van der Waals surface area contributed by atoms with Crippen LogP contribution in [0.5, 0.6) is 0 Å². The maximum absolute atomic E-state index is 4.76. The summed E-state index contributed by atoms with van der Waals surface area (Å²) in [6, 6.07) is 1.99. The monoisotopic (exact) mass is 271 g/mol. The Hall–Kier alpha value is -1.91. The van der Waals surface area contributed by atoms with E-state index < -0.39 is 0 Å². The molecule has 20 heavy (non-hydrogen) atoms. The van der Waals surface area contributed by atoms with Crippen LogP contribution in [0.2, 0.25) is 0 Å². The first-order chi connectivity index (χ1) is 9.83. The maximum Gasteiger partial charge on any atom is 0.180 e. The van der Waals surface area contributed by atoms with Crippen molar-refractivity contribution < 1.29 is 0 Å². The molecule has 106 valence electrons. The highest BCUT2D eigenvalue weighted by atomic mass is 15.3. The van der Waals surface area contributed by atoms with Crippen LogP contribution in [-0.4, -0.2) is 26.3 Å². The number of hydrogen-bond acceptors (Lipinski definition) is 4. The number of aromatic nitrogens is 4. The van der Waals surface area contributed by atoms with E-state index in [-0.39, 0.29) is 0 Å². The molecule has 1 aliphatic carbocycles. The second-order valence-electron chi connectivity index (χ2n) is 5.13. The molecule has 0 bridgehead atoms. The van der Waals surface area contributed by atoms with E-state index >= 15 is 0 Å². The summed E-state index contributed by atoms with van der Waals surface area (Å²) in [6.07, 6.45) is 6.25. The van der Waals surface area contributed by atoms with Gasteiger partial charge in [0.05, 0.1) is 0 Å². The molecule has 0 saturated heterocycles. The van der Waals surface area contributed by atoms with Crippen molar-refractivity contribution in [2.45, 2.75) is 46.1 Å². The first-order valence-electron chi connectivity index (χ1n) is 7.49. The van der Waals surface area contributed by atoms with Crippen LogP contribution in [0.4, 0.5) is 5.82 Å². The van der Waals surface area contributed by atoms with Crippen LogP contribution in [0.3, 0.4) is 0 Å². The van der Waals surface area contributed by atoms with E-state index in [2.05, 4.69) is 24.3 Å². The molecule has 0 fully saturated rings. The van der Waals surface area contributed by atoms with Crippen molar-refractivity contribution in [2.75, 3.05) is 11.9 Å². The number of nitrogens with zero attached hydrogens (tertiary/aromatic N) is 4. The van der Waals surface area contributed by atoms with E-state index in [9.17, 15) is 0 Å². The lowest BCUT2D eigenvalue weighted by molar-refractivity contribution is 0.663. The van der Waals surface area contributed by atoms with Crippen molar-refractivity contribution in [2.24, 2.45) is 0 Å². The van der Waals surface area contributed by atoms with Gasteiger partial charge in [-0.15, -0.1) is 0 Å². The lowest BCUT2D eigenvalue weighted by atomic mass is 10.2. The zero-order valence-corrected chi connectivity index (χ0v) is 12.2. The Balaban J connectivity index is 2.04. The molecule has 0 radical (unpaired) electrons. The van der Waals surface area contributed by atoms with Crippen LogP contribution in [0.15, 0.2) is 12.3 Å². The summed E-state index contributed by atoms with van der Waals surface area (Å²) in [7, 11) is 0. The van der Waals surface area contributed by atoms with E-state index in [0.29, 0.717) is 0 Å². The molecule has 2 aromatic heterocycles. The second kappa shape index (κ2) is 5.61. The minimum atomic E-state index is 0.795. The molecule has 2 aromatic rings. The van der Waals surface area contributed by atoms with Gasteiger partial charge in [0.2, 0.25) is 0 Å². The van der Waals surface area contributed by atoms with Gasteiger partial charge >= 0.3 is 0 Å². The van der Waals surface area contributed by atoms with Gasteiger partial charge in [-0.1, -0.05) is 6.92 Å². The van der Waals surface area contributed by atoms with Gasteiger partial charge in [-0.3, -0.25) is 4.68 Å². The van der Waals surface area contributed by atoms with Crippen molar-refractivity contribution in [3.63, 3.8) is 0 Å². The minimum absolute atomic E-state index is 0.795. The Labute approximate surface area is 119 Å². The van der Waals surface area contributed by atoms with Crippen LogP contribution in [0.25, 0.3) is 11.5 Å². The molecule has 0 unspecified atom stereocenters. The first-order valence-corrected chi connectivity index (χ1v) is 7.49. The number of fused-ring (bicyclic) bond motifs is 1. The fourth-order valence-corrected chi connectivity index (χ4v) is 2.71. The summed E-state index contributed by atoms with van der Waals surface area (Å²) in [5.74, 6) is 1.82. The van der Waals surface area contributed by atoms with E-state index in [0.717, 1.165) is 49.7 Å². The fourth-order valence-electron chi connectivity index (χ4n) is 2.71. The average Bonchev–Trinajstić information content (AvgIpc) is 3.12. The van der Waals surface area contributed by atoms with Gasteiger partial charge in [-0.05, 0) is 38.7 Å². The Morgan fingerprint density at radius 3 is 2.95 bits per heavy atom. The number of nitrogens with one attached hydrogen (secondary N) is 1. The number of rotatable bonds is 5. The summed E-state index contributed by atoms with van der Waals surface area (Å²) in [4.78, 5) is 9.51. The molecular formula is C15H21N5. The molecule has 0 amide bonds. The Morgan fingerprint density at radius 1 is 1.25 bits per heavy atom. The van der Waals surface area contributed by atoms with Gasteiger partial charge < -0.3 is 5.32 Å². The Morgan fingerprint density at radius 2 is 2.15 bits per heavy atom. The summed E-state index contributed by atoms with van der Waals surface area (Å²) in [5, 5.41) is 7.77. The highest BCUT2D eigenvalue weighted by Gasteiger charge is 2.20. The maximum atomic E-state index is 4.76. The predicted molar refractivity (Wildman–Crippen MR) is 79.7 cm³/mol. The average molecular weight is 271 g/mol. The normalized spacial score (nSPS) is 13.5. The molecular weight excluding hydrogens is 250 g/mol. The van der Waals surface area contributed by atoms with E-state index in [1.54, 1.807) is 0 Å². The van der Waals surface area contributed by atoms with Crippen molar-refractivity contribution >= 4 is 5.82 Å². The summed E-state index contributed by atoms with van der Waals surface area (Å²) < 4.78 is 1.94. The van der Waals surface area contributed by atoms with E-state index in [4.69, 9.17) is 9.97 Å². The van der Waals surface area contributed by atoms with Crippen molar-refractivity contribution in [1.29, 1.82) is 0 Å². The molecule has 1 aliphatic rings. The molecule has 0 saturated carbocycles. The zero-order chi connectivity index (χ0) is 13.9. The molecule has 0 aliphatic heterocycles. The minimum Gasteiger partial charge on any atom is -0.370 e. The van der Waals surface area contributed by atoms with Gasteiger partial charge in [0.15, 0.2) is 5.82 Å². The lowest BCUT2D eigenvalue weighted by Gasteiger charge is -2.12. The van der Waals surface area contributed by atoms with Crippen molar-refractivity contribution in [3.05, 3.63) is 23.5 Å². The van der Waals surface area contributed by atoms with Gasteiger partial charge in [-0.2, -0.15) is 5.10 Å². The predicted octanol–water partition coefficient (Wildman–Crippen LogP) is 2.67. The number of anilines is 1. The number of aryl methyl sites for hydroxylation is 2. The molecule has 3 rings (SSSR count). The molecule has 0 spiro atoms. The highest BCUT2D eigenvalue weighted by Crippen LogP contribution is 2.29. The third-order valence-electron chi connectivity index (χ3n) is 3.72. The first kappa shape index (κ1) is 13.1. The molecule has 5 nitrogen and oxygen atoms in total. The largest absolute Gasteiger partial charge is 0.370 e. The fraction of sp³-hybridized carbons (Fsp3) is 0.533. The molecule has 0 atom stereocenters. The van der Waals surface area contributed by atoms with Crippen molar-refractivity contribution in [1.82, 2.24) is 19.7 Å². The van der Waals surface area contributed by atoms with Gasteiger partial charge in [0.1, 0.15) is 11.5 Å². The van der Waals surface area contributed by atoms with Gasteiger partial charge in [-0.25, -0.2) is 9.97 Å². The van der Waals surface area contributed by atoms with Crippen LogP contribution in [0.1, 0.15) is 37.9 Å². The van der Waals surface area contributed by atoms with Crippen molar-refractivity contribution in [3.8, 4) is 11.5 Å². The highest BCUT2D eigenvalue weighted by molar-refractivity contribution is 5.58. The SMILES string of the molecule is CCCNc1nc(-c2ccnn2CC)nc2c1CCC2. The Bertz CT molecular complexity index is 602. The number of hydrogen-bond donors (Lipinski definition) is 1. The third-order valence-corrected chi connectivity index (χ3v) is 3.72. The smallest absolute Gasteiger partial charge is 0.180 e. The van der Waals surface area contributed by atoms with Crippen LogP contribution < -0.4 is 5.32 Å². The van der Waals surface area contributed by atoms with E-state index in [1.807, 2.05) is 16.9 Å². The molecule has 0 aromatic carbocycles. The standard InChI is InChI=1S/C15H21N5/c1-3-9-16-14-11-6-5-7-12(11)18-15(19-14)13-8-10-17-20(13)4-2/h8,10H,3-7,9H2,1-2H3,(H,16,18,19). The molecule has 2 heterocycles. The Kier molecular flexibility index (Phi) is 3.67. The second-order valence-corrected chi connectivity index (χ2v) is 5.13. The zero-order valence-electron chi connectivity index (χ0n) is 12.2.